The van der Waals surface area contributed by atoms with Crippen molar-refractivity contribution in [3.63, 3.8) is 0 Å². The number of hydrogen-bond donors (Lipinski definition) is 1. The third-order valence-corrected chi connectivity index (χ3v) is 5.09. The summed E-state index contributed by atoms with van der Waals surface area (Å²) in [5.74, 6) is 1.76. The summed E-state index contributed by atoms with van der Waals surface area (Å²) in [5, 5.41) is 3.47. The first-order chi connectivity index (χ1) is 10.8. The zero-order chi connectivity index (χ0) is 15.2. The van der Waals surface area contributed by atoms with Crippen molar-refractivity contribution in [3.05, 3.63) is 30.1 Å². The molecule has 1 aromatic rings. The van der Waals surface area contributed by atoms with Gasteiger partial charge in [-0.25, -0.2) is 0 Å². The highest BCUT2D eigenvalue weighted by Crippen LogP contribution is 2.21. The lowest BCUT2D eigenvalue weighted by molar-refractivity contribution is 0.220. The van der Waals surface area contributed by atoms with Crippen LogP contribution in [0.2, 0.25) is 0 Å². The Morgan fingerprint density at radius 1 is 1.26 bits per heavy atom. The summed E-state index contributed by atoms with van der Waals surface area (Å²) in [6.45, 7) is 8.57. The van der Waals surface area contributed by atoms with E-state index in [2.05, 4.69) is 33.2 Å². The molecule has 130 valence electrons. The van der Waals surface area contributed by atoms with Crippen molar-refractivity contribution in [2.24, 2.45) is 11.8 Å². The summed E-state index contributed by atoms with van der Waals surface area (Å²) in [5.41, 5.74) is 1.31. The van der Waals surface area contributed by atoms with Gasteiger partial charge in [-0.05, 0) is 69.4 Å². The molecule has 3 rings (SSSR count). The van der Waals surface area contributed by atoms with Gasteiger partial charge in [-0.1, -0.05) is 6.07 Å². The number of likely N-dealkylation sites (tertiary alicyclic amines) is 1. The molecule has 1 aromatic heterocycles. The van der Waals surface area contributed by atoms with E-state index in [0.717, 1.165) is 18.4 Å². The van der Waals surface area contributed by atoms with Crippen LogP contribution in [-0.4, -0.2) is 61.1 Å². The smallest absolute Gasteiger partial charge is 0.0312 e. The van der Waals surface area contributed by atoms with E-state index < -0.39 is 0 Å². The normalized spacial score (nSPS) is 23.1. The van der Waals surface area contributed by atoms with Crippen molar-refractivity contribution in [2.75, 3.05) is 46.3 Å². The predicted molar refractivity (Wildman–Crippen MR) is 98.0 cm³/mol. The molecule has 0 aliphatic carbocycles. The fourth-order valence-corrected chi connectivity index (χ4v) is 3.97. The topological polar surface area (TPSA) is 31.4 Å². The molecule has 0 bridgehead atoms. The molecule has 0 spiro atoms. The lowest BCUT2D eigenvalue weighted by Crippen LogP contribution is -2.35. The summed E-state index contributed by atoms with van der Waals surface area (Å²) >= 11 is 0. The molecule has 2 aliphatic rings. The highest BCUT2D eigenvalue weighted by Gasteiger charge is 2.26. The Balaban J connectivity index is 0.00000192. The Morgan fingerprint density at radius 3 is 2.83 bits per heavy atom. The average Bonchev–Trinajstić information content (AvgIpc) is 2.96. The average molecular weight is 339 g/mol. The summed E-state index contributed by atoms with van der Waals surface area (Å²) in [7, 11) is 2.24. The van der Waals surface area contributed by atoms with Crippen molar-refractivity contribution in [3.8, 4) is 0 Å². The molecule has 2 fully saturated rings. The fourth-order valence-electron chi connectivity index (χ4n) is 3.97. The van der Waals surface area contributed by atoms with Gasteiger partial charge < -0.3 is 15.1 Å². The van der Waals surface area contributed by atoms with Crippen molar-refractivity contribution >= 4 is 12.4 Å². The molecule has 0 aromatic carbocycles. The Kier molecular flexibility index (Phi) is 7.77. The van der Waals surface area contributed by atoms with Gasteiger partial charge in [0, 0.05) is 38.6 Å². The van der Waals surface area contributed by atoms with Crippen molar-refractivity contribution in [1.82, 2.24) is 20.1 Å². The standard InChI is InChI=1S/C18H30N4.ClH/c1-21(12-17-3-2-7-20-11-17)13-18-6-10-22(15-18)14-16-4-8-19-9-5-16;/h2-3,7,11,16,18-19H,4-6,8-10,12-15H2,1H3;1H. The van der Waals surface area contributed by atoms with Gasteiger partial charge in [-0.2, -0.15) is 0 Å². The van der Waals surface area contributed by atoms with Crippen molar-refractivity contribution < 1.29 is 0 Å². The Hall–Kier alpha value is -0.680. The van der Waals surface area contributed by atoms with Crippen LogP contribution >= 0.6 is 12.4 Å². The summed E-state index contributed by atoms with van der Waals surface area (Å²) < 4.78 is 0. The minimum absolute atomic E-state index is 0. The van der Waals surface area contributed by atoms with Gasteiger partial charge in [-0.15, -0.1) is 12.4 Å². The minimum atomic E-state index is 0. The summed E-state index contributed by atoms with van der Waals surface area (Å²) in [6, 6.07) is 4.20. The summed E-state index contributed by atoms with van der Waals surface area (Å²) in [6.07, 6.45) is 7.92. The minimum Gasteiger partial charge on any atom is -0.317 e. The van der Waals surface area contributed by atoms with Gasteiger partial charge in [0.1, 0.15) is 0 Å². The van der Waals surface area contributed by atoms with Gasteiger partial charge in [-0.3, -0.25) is 4.98 Å². The molecule has 1 atom stereocenters. The second kappa shape index (κ2) is 9.58. The molecule has 1 unspecified atom stereocenters. The first kappa shape index (κ1) is 18.7. The number of aromatic nitrogens is 1. The van der Waals surface area contributed by atoms with Crippen LogP contribution in [0.5, 0.6) is 0 Å². The van der Waals surface area contributed by atoms with Crippen LogP contribution in [0.4, 0.5) is 0 Å². The molecule has 5 heteroatoms. The molecule has 3 heterocycles. The first-order valence-electron chi connectivity index (χ1n) is 8.80. The first-order valence-corrected chi connectivity index (χ1v) is 8.80. The lowest BCUT2D eigenvalue weighted by Gasteiger charge is -2.27. The molecule has 2 aliphatic heterocycles. The maximum atomic E-state index is 4.21. The van der Waals surface area contributed by atoms with E-state index in [4.69, 9.17) is 0 Å². The van der Waals surface area contributed by atoms with E-state index in [1.165, 1.54) is 64.1 Å². The highest BCUT2D eigenvalue weighted by molar-refractivity contribution is 5.85. The van der Waals surface area contributed by atoms with Crippen molar-refractivity contribution in [2.45, 2.75) is 25.8 Å². The van der Waals surface area contributed by atoms with E-state index in [-0.39, 0.29) is 12.4 Å². The molecular formula is C18H31ClN4. The number of hydrogen-bond acceptors (Lipinski definition) is 4. The number of nitrogens with one attached hydrogen (secondary N) is 1. The number of nitrogens with zero attached hydrogens (tertiary/aromatic N) is 3. The third-order valence-electron chi connectivity index (χ3n) is 5.09. The van der Waals surface area contributed by atoms with Gasteiger partial charge in [0.15, 0.2) is 0 Å². The SMILES string of the molecule is CN(Cc1cccnc1)CC1CCN(CC2CCNCC2)C1.Cl. The van der Waals surface area contributed by atoms with Crippen molar-refractivity contribution in [1.29, 1.82) is 0 Å². The quantitative estimate of drug-likeness (QED) is 0.862. The number of halogens is 1. The van der Waals surface area contributed by atoms with Crippen LogP contribution in [0.3, 0.4) is 0 Å². The molecule has 4 nitrogen and oxygen atoms in total. The Labute approximate surface area is 147 Å². The van der Waals surface area contributed by atoms with Gasteiger partial charge >= 0.3 is 0 Å². The van der Waals surface area contributed by atoms with E-state index >= 15 is 0 Å². The van der Waals surface area contributed by atoms with E-state index in [1.807, 2.05) is 18.5 Å². The second-order valence-corrected chi connectivity index (χ2v) is 7.17. The molecule has 1 N–H and O–H groups in total. The van der Waals surface area contributed by atoms with Crippen LogP contribution < -0.4 is 5.32 Å². The molecule has 0 saturated carbocycles. The van der Waals surface area contributed by atoms with Crippen LogP contribution in [0.1, 0.15) is 24.8 Å². The van der Waals surface area contributed by atoms with Crippen LogP contribution in [-0.2, 0) is 6.54 Å². The van der Waals surface area contributed by atoms with E-state index in [9.17, 15) is 0 Å². The fraction of sp³-hybridized carbons (Fsp3) is 0.722. The highest BCUT2D eigenvalue weighted by atomic mass is 35.5. The van der Waals surface area contributed by atoms with Gasteiger partial charge in [0.05, 0.1) is 0 Å². The van der Waals surface area contributed by atoms with Gasteiger partial charge in [0.2, 0.25) is 0 Å². The number of rotatable bonds is 6. The second-order valence-electron chi connectivity index (χ2n) is 7.17. The van der Waals surface area contributed by atoms with Gasteiger partial charge in [0.25, 0.3) is 0 Å². The summed E-state index contributed by atoms with van der Waals surface area (Å²) in [4.78, 5) is 9.37. The van der Waals surface area contributed by atoms with E-state index in [0.29, 0.717) is 0 Å². The number of pyridine rings is 1. The molecule has 0 amide bonds. The largest absolute Gasteiger partial charge is 0.317 e. The third kappa shape index (κ3) is 6.03. The molecule has 23 heavy (non-hydrogen) atoms. The number of piperidine rings is 1. The molecule has 2 saturated heterocycles. The predicted octanol–water partition coefficient (Wildman–Crippen LogP) is 2.26. The van der Waals surface area contributed by atoms with Crippen LogP contribution in [0, 0.1) is 11.8 Å². The maximum absolute atomic E-state index is 4.21. The Bertz CT molecular complexity index is 436. The van der Waals surface area contributed by atoms with Crippen LogP contribution in [0.15, 0.2) is 24.5 Å². The molecular weight excluding hydrogens is 308 g/mol. The monoisotopic (exact) mass is 338 g/mol. The van der Waals surface area contributed by atoms with Crippen LogP contribution in [0.25, 0.3) is 0 Å². The Morgan fingerprint density at radius 2 is 2.09 bits per heavy atom. The zero-order valence-electron chi connectivity index (χ0n) is 14.3. The maximum Gasteiger partial charge on any atom is 0.0312 e. The lowest BCUT2D eigenvalue weighted by atomic mass is 9.98. The zero-order valence-corrected chi connectivity index (χ0v) is 15.1. The molecule has 0 radical (unpaired) electrons. The van der Waals surface area contributed by atoms with E-state index in [1.54, 1.807) is 0 Å².